The smallest absolute Gasteiger partial charge is 0.00727 e. The maximum absolute atomic E-state index is 4.15. The lowest BCUT2D eigenvalue weighted by Gasteiger charge is -2.31. The monoisotopic (exact) mass is 203 g/mol. The number of benzene rings is 1. The van der Waals surface area contributed by atoms with Crippen molar-refractivity contribution in [2.45, 2.75) is 51.9 Å². The highest BCUT2D eigenvalue weighted by Crippen LogP contribution is 2.35. The van der Waals surface area contributed by atoms with E-state index < -0.39 is 0 Å². The van der Waals surface area contributed by atoms with Gasteiger partial charge in [0.2, 0.25) is 0 Å². The molecule has 1 rings (SSSR count). The average Bonchev–Trinajstić information content (AvgIpc) is 2.19. The fourth-order valence-electron chi connectivity index (χ4n) is 2.61. The molecule has 1 aromatic rings. The van der Waals surface area contributed by atoms with E-state index in [0.29, 0.717) is 5.41 Å². The Kier molecular flexibility index (Phi) is 4.38. The van der Waals surface area contributed by atoms with E-state index in [-0.39, 0.29) is 0 Å². The van der Waals surface area contributed by atoms with Gasteiger partial charge in [-0.25, -0.2) is 0 Å². The quantitative estimate of drug-likeness (QED) is 0.649. The van der Waals surface area contributed by atoms with Crippen LogP contribution in [0.2, 0.25) is 0 Å². The van der Waals surface area contributed by atoms with E-state index in [1.807, 2.05) is 0 Å². The van der Waals surface area contributed by atoms with Gasteiger partial charge in [-0.05, 0) is 36.3 Å². The lowest BCUT2D eigenvalue weighted by molar-refractivity contribution is 0.391. The molecule has 0 heterocycles. The van der Waals surface area contributed by atoms with Crippen molar-refractivity contribution in [1.29, 1.82) is 0 Å². The molecule has 0 spiro atoms. The third-order valence-corrected chi connectivity index (χ3v) is 3.27. The number of hydrogen-bond acceptors (Lipinski definition) is 0. The normalized spacial score (nSPS) is 11.7. The summed E-state index contributed by atoms with van der Waals surface area (Å²) < 4.78 is 0. The minimum absolute atomic E-state index is 0.321. The molecular weight excluding hydrogens is 180 g/mol. The molecule has 0 heteroatoms. The highest BCUT2D eigenvalue weighted by Gasteiger charge is 2.25. The summed E-state index contributed by atoms with van der Waals surface area (Å²) in [6.45, 7) is 11.1. The fourth-order valence-corrected chi connectivity index (χ4v) is 2.61. The lowest BCUT2D eigenvalue weighted by Crippen LogP contribution is -2.22. The second kappa shape index (κ2) is 5.34. The molecule has 1 radical (unpaired) electrons. The van der Waals surface area contributed by atoms with Crippen molar-refractivity contribution in [2.75, 3.05) is 0 Å². The Morgan fingerprint density at radius 3 is 2.07 bits per heavy atom. The molecule has 0 saturated carbocycles. The topological polar surface area (TPSA) is 0 Å². The van der Waals surface area contributed by atoms with Crippen LogP contribution in [0.25, 0.3) is 0 Å². The first-order chi connectivity index (χ1) is 7.14. The van der Waals surface area contributed by atoms with E-state index in [0.717, 1.165) is 0 Å². The SMILES string of the molecule is [CH2]c1ccccc1C(C)(CCC)CCC. The van der Waals surface area contributed by atoms with Crippen LogP contribution < -0.4 is 0 Å². The van der Waals surface area contributed by atoms with Crippen molar-refractivity contribution in [2.24, 2.45) is 0 Å². The first kappa shape index (κ1) is 12.3. The van der Waals surface area contributed by atoms with Crippen molar-refractivity contribution >= 4 is 0 Å². The molecule has 1 aromatic carbocycles. The van der Waals surface area contributed by atoms with E-state index in [1.165, 1.54) is 36.8 Å². The minimum atomic E-state index is 0.321. The standard InChI is InChI=1S/C15H23/c1-5-11-15(4,12-6-2)14-10-8-7-9-13(14)3/h7-10H,3,5-6,11-12H2,1-2,4H3. The van der Waals surface area contributed by atoms with Gasteiger partial charge in [0.05, 0.1) is 0 Å². The zero-order valence-corrected chi connectivity index (χ0v) is 10.3. The third-order valence-electron chi connectivity index (χ3n) is 3.27. The van der Waals surface area contributed by atoms with Crippen LogP contribution in [0.3, 0.4) is 0 Å². The van der Waals surface area contributed by atoms with Crippen LogP contribution in [-0.4, -0.2) is 0 Å². The predicted molar refractivity (Wildman–Crippen MR) is 68.1 cm³/mol. The van der Waals surface area contributed by atoms with Crippen molar-refractivity contribution in [1.82, 2.24) is 0 Å². The minimum Gasteiger partial charge on any atom is -0.0654 e. The van der Waals surface area contributed by atoms with Gasteiger partial charge in [-0.2, -0.15) is 0 Å². The van der Waals surface area contributed by atoms with E-state index in [9.17, 15) is 0 Å². The highest BCUT2D eigenvalue weighted by atomic mass is 14.3. The number of rotatable bonds is 5. The van der Waals surface area contributed by atoms with Gasteiger partial charge in [0.15, 0.2) is 0 Å². The summed E-state index contributed by atoms with van der Waals surface area (Å²) in [7, 11) is 0. The average molecular weight is 203 g/mol. The molecule has 0 nitrogen and oxygen atoms in total. The van der Waals surface area contributed by atoms with Crippen LogP contribution in [0, 0.1) is 6.92 Å². The van der Waals surface area contributed by atoms with Crippen molar-refractivity contribution < 1.29 is 0 Å². The predicted octanol–water partition coefficient (Wildman–Crippen LogP) is 4.73. The van der Waals surface area contributed by atoms with Crippen molar-refractivity contribution in [3.63, 3.8) is 0 Å². The summed E-state index contributed by atoms with van der Waals surface area (Å²) in [6.07, 6.45) is 5.00. The van der Waals surface area contributed by atoms with E-state index in [1.54, 1.807) is 0 Å². The molecule has 0 atom stereocenters. The van der Waals surface area contributed by atoms with Gasteiger partial charge in [-0.15, -0.1) is 0 Å². The van der Waals surface area contributed by atoms with Gasteiger partial charge in [0.1, 0.15) is 0 Å². The largest absolute Gasteiger partial charge is 0.0654 e. The molecule has 0 amide bonds. The molecule has 0 saturated heterocycles. The fraction of sp³-hybridized carbons (Fsp3) is 0.533. The van der Waals surface area contributed by atoms with Crippen LogP contribution in [0.5, 0.6) is 0 Å². The van der Waals surface area contributed by atoms with Crippen LogP contribution in [0.4, 0.5) is 0 Å². The molecule has 0 aliphatic carbocycles. The van der Waals surface area contributed by atoms with Crippen LogP contribution in [0.1, 0.15) is 57.6 Å². The maximum Gasteiger partial charge on any atom is -0.00727 e. The Bertz CT molecular complexity index is 293. The Hall–Kier alpha value is -0.780. The summed E-state index contributed by atoms with van der Waals surface area (Å²) >= 11 is 0. The molecule has 0 N–H and O–H groups in total. The van der Waals surface area contributed by atoms with Gasteiger partial charge < -0.3 is 0 Å². The lowest BCUT2D eigenvalue weighted by atomic mass is 9.74. The zero-order chi connectivity index (χ0) is 11.3. The van der Waals surface area contributed by atoms with Crippen LogP contribution in [0.15, 0.2) is 24.3 Å². The number of hydrogen-bond donors (Lipinski definition) is 0. The van der Waals surface area contributed by atoms with Gasteiger partial charge in [0, 0.05) is 0 Å². The first-order valence-corrected chi connectivity index (χ1v) is 6.05. The summed E-state index contributed by atoms with van der Waals surface area (Å²) in [5, 5.41) is 0. The molecule has 0 bridgehead atoms. The molecule has 0 aliphatic heterocycles. The molecule has 0 aromatic heterocycles. The molecule has 0 fully saturated rings. The summed E-state index contributed by atoms with van der Waals surface area (Å²) in [4.78, 5) is 0. The third kappa shape index (κ3) is 2.84. The van der Waals surface area contributed by atoms with Crippen molar-refractivity contribution in [3.8, 4) is 0 Å². The second-order valence-corrected chi connectivity index (χ2v) is 4.72. The Labute approximate surface area is 94.7 Å². The van der Waals surface area contributed by atoms with Crippen LogP contribution >= 0.6 is 0 Å². The van der Waals surface area contributed by atoms with E-state index >= 15 is 0 Å². The van der Waals surface area contributed by atoms with Crippen molar-refractivity contribution in [3.05, 3.63) is 42.3 Å². The highest BCUT2D eigenvalue weighted by molar-refractivity contribution is 5.35. The Morgan fingerprint density at radius 2 is 1.60 bits per heavy atom. The van der Waals surface area contributed by atoms with Crippen LogP contribution in [-0.2, 0) is 5.41 Å². The maximum atomic E-state index is 4.15. The summed E-state index contributed by atoms with van der Waals surface area (Å²) in [6, 6.07) is 8.57. The summed E-state index contributed by atoms with van der Waals surface area (Å²) in [5.74, 6) is 0. The molecular formula is C15H23. The van der Waals surface area contributed by atoms with E-state index in [4.69, 9.17) is 0 Å². The van der Waals surface area contributed by atoms with Gasteiger partial charge in [-0.3, -0.25) is 0 Å². The molecule has 15 heavy (non-hydrogen) atoms. The summed E-state index contributed by atoms with van der Waals surface area (Å²) in [5.41, 5.74) is 2.96. The molecule has 0 unspecified atom stereocenters. The zero-order valence-electron chi connectivity index (χ0n) is 10.3. The molecule has 83 valence electrons. The first-order valence-electron chi connectivity index (χ1n) is 6.05. The Balaban J connectivity index is 3.03. The molecule has 0 aliphatic rings. The van der Waals surface area contributed by atoms with E-state index in [2.05, 4.69) is 52.0 Å². The van der Waals surface area contributed by atoms with Gasteiger partial charge in [0.25, 0.3) is 0 Å². The second-order valence-electron chi connectivity index (χ2n) is 4.72. The van der Waals surface area contributed by atoms with Gasteiger partial charge in [-0.1, -0.05) is 57.9 Å². The van der Waals surface area contributed by atoms with Gasteiger partial charge >= 0.3 is 0 Å². The Morgan fingerprint density at radius 1 is 1.07 bits per heavy atom.